The molecule has 1 N–H and O–H groups in total. The van der Waals surface area contributed by atoms with Crippen molar-refractivity contribution >= 4 is 48.9 Å². The minimum absolute atomic E-state index is 0.102. The van der Waals surface area contributed by atoms with E-state index in [0.717, 1.165) is 10.6 Å². The van der Waals surface area contributed by atoms with E-state index in [2.05, 4.69) is 5.32 Å². The lowest BCUT2D eigenvalue weighted by Crippen LogP contribution is -2.48. The van der Waals surface area contributed by atoms with Crippen molar-refractivity contribution in [1.29, 1.82) is 0 Å². The van der Waals surface area contributed by atoms with E-state index in [1.165, 1.54) is 46.8 Å². The summed E-state index contributed by atoms with van der Waals surface area (Å²) in [6.45, 7) is 1.01. The van der Waals surface area contributed by atoms with Gasteiger partial charge >= 0.3 is 0 Å². The molecular weight excluding hydrogens is 494 g/mol. The summed E-state index contributed by atoms with van der Waals surface area (Å²) in [6.07, 6.45) is -0.0869. The summed E-state index contributed by atoms with van der Waals surface area (Å²) in [6, 6.07) is 10.2. The van der Waals surface area contributed by atoms with E-state index in [4.69, 9.17) is 21.1 Å². The Kier molecular flexibility index (Phi) is 6.56. The largest absolute Gasteiger partial charge is 0.476 e. The van der Waals surface area contributed by atoms with E-state index in [0.29, 0.717) is 23.9 Å². The quantitative estimate of drug-likeness (QED) is 0.640. The van der Waals surface area contributed by atoms with E-state index in [1.54, 1.807) is 0 Å². The van der Waals surface area contributed by atoms with Crippen molar-refractivity contribution in [2.45, 2.75) is 11.0 Å². The summed E-state index contributed by atoms with van der Waals surface area (Å²) < 4.78 is 63.3. The minimum Gasteiger partial charge on any atom is -0.476 e. The van der Waals surface area contributed by atoms with E-state index in [9.17, 15) is 21.6 Å². The maximum Gasteiger partial charge on any atom is 0.267 e. The predicted molar refractivity (Wildman–Crippen MR) is 123 cm³/mol. The van der Waals surface area contributed by atoms with Crippen LogP contribution in [0.4, 0.5) is 11.4 Å². The molecule has 1 amide bonds. The zero-order valence-corrected chi connectivity index (χ0v) is 20.0. The van der Waals surface area contributed by atoms with Crippen LogP contribution >= 0.6 is 11.6 Å². The second-order valence-corrected chi connectivity index (χ2v) is 11.8. The van der Waals surface area contributed by atoms with Gasteiger partial charge in [0.1, 0.15) is 5.75 Å². The van der Waals surface area contributed by atoms with Gasteiger partial charge in [0.25, 0.3) is 5.91 Å². The Bertz CT molecular complexity index is 1260. The van der Waals surface area contributed by atoms with Gasteiger partial charge in [0.05, 0.1) is 36.6 Å². The van der Waals surface area contributed by atoms with E-state index >= 15 is 0 Å². The SMILES string of the molecule is CS(=O)(=O)N1CC(C(=O)Nc2ccc(S(=O)(=O)N3CCOCC3)cc2)Oc2ccc(Cl)cc21. The summed E-state index contributed by atoms with van der Waals surface area (Å²) >= 11 is 5.98. The van der Waals surface area contributed by atoms with Crippen LogP contribution in [0.15, 0.2) is 47.4 Å². The van der Waals surface area contributed by atoms with Gasteiger partial charge in [0.15, 0.2) is 6.10 Å². The molecular formula is C20H22ClN3O7S2. The number of fused-ring (bicyclic) bond motifs is 1. The smallest absolute Gasteiger partial charge is 0.267 e. The second-order valence-electron chi connectivity index (χ2n) is 7.54. The summed E-state index contributed by atoms with van der Waals surface area (Å²) in [5.74, 6) is -0.365. The number of halogens is 1. The molecule has 2 aromatic carbocycles. The number of anilines is 2. The van der Waals surface area contributed by atoms with E-state index in [-0.39, 0.29) is 36.0 Å². The summed E-state index contributed by atoms with van der Waals surface area (Å²) in [4.78, 5) is 12.9. The van der Waals surface area contributed by atoms with Crippen LogP contribution in [-0.4, -0.2) is 72.3 Å². The molecule has 10 nitrogen and oxygen atoms in total. The Hall–Kier alpha value is -2.38. The first-order chi connectivity index (χ1) is 15.6. The van der Waals surface area contributed by atoms with Gasteiger partial charge in [-0.3, -0.25) is 9.10 Å². The van der Waals surface area contributed by atoms with Gasteiger partial charge in [0.2, 0.25) is 20.0 Å². The molecule has 1 unspecified atom stereocenters. The summed E-state index contributed by atoms with van der Waals surface area (Å²) in [7, 11) is -7.35. The number of nitrogens with one attached hydrogen (secondary N) is 1. The van der Waals surface area contributed by atoms with Crippen LogP contribution in [0.1, 0.15) is 0 Å². The number of carbonyl (C=O) groups is 1. The Morgan fingerprint density at radius 2 is 1.73 bits per heavy atom. The fourth-order valence-electron chi connectivity index (χ4n) is 3.54. The molecule has 0 radical (unpaired) electrons. The van der Waals surface area contributed by atoms with Crippen LogP contribution in [0, 0.1) is 0 Å². The van der Waals surface area contributed by atoms with Crippen molar-refractivity contribution < 1.29 is 31.1 Å². The van der Waals surface area contributed by atoms with Crippen molar-refractivity contribution in [2.75, 3.05) is 48.7 Å². The van der Waals surface area contributed by atoms with Crippen LogP contribution in [0.25, 0.3) is 0 Å². The molecule has 13 heteroatoms. The first-order valence-corrected chi connectivity index (χ1v) is 13.6. The molecule has 2 heterocycles. The maximum absolute atomic E-state index is 12.8. The number of rotatable bonds is 5. The molecule has 2 aliphatic heterocycles. The van der Waals surface area contributed by atoms with Crippen molar-refractivity contribution in [2.24, 2.45) is 0 Å². The zero-order chi connectivity index (χ0) is 23.8. The molecule has 1 fully saturated rings. The number of hydrogen-bond donors (Lipinski definition) is 1. The summed E-state index contributed by atoms with van der Waals surface area (Å²) in [5, 5.41) is 2.98. The number of nitrogens with zero attached hydrogens (tertiary/aromatic N) is 2. The second kappa shape index (κ2) is 9.11. The molecule has 2 aliphatic rings. The molecule has 1 saturated heterocycles. The lowest BCUT2D eigenvalue weighted by Gasteiger charge is -2.34. The first kappa shape index (κ1) is 23.8. The monoisotopic (exact) mass is 515 g/mol. The average Bonchev–Trinajstić information content (AvgIpc) is 2.78. The fraction of sp³-hybridized carbons (Fsp3) is 0.350. The minimum atomic E-state index is -3.69. The zero-order valence-electron chi connectivity index (χ0n) is 17.6. The van der Waals surface area contributed by atoms with Crippen LogP contribution in [-0.2, 0) is 29.6 Å². The average molecular weight is 516 g/mol. The number of morpholine rings is 1. The van der Waals surface area contributed by atoms with Crippen LogP contribution in [0.5, 0.6) is 5.75 Å². The number of amides is 1. The van der Waals surface area contributed by atoms with Gasteiger partial charge in [-0.2, -0.15) is 4.31 Å². The van der Waals surface area contributed by atoms with Crippen molar-refractivity contribution in [3.63, 3.8) is 0 Å². The lowest BCUT2D eigenvalue weighted by atomic mass is 10.2. The number of sulfonamides is 2. The Labute approximate surface area is 197 Å². The van der Waals surface area contributed by atoms with Gasteiger partial charge in [-0.1, -0.05) is 11.6 Å². The molecule has 0 bridgehead atoms. The lowest BCUT2D eigenvalue weighted by molar-refractivity contribution is -0.122. The number of benzene rings is 2. The van der Waals surface area contributed by atoms with E-state index in [1.807, 2.05) is 0 Å². The molecule has 2 aromatic rings. The van der Waals surface area contributed by atoms with Crippen LogP contribution < -0.4 is 14.4 Å². The third-order valence-electron chi connectivity index (χ3n) is 5.21. The third-order valence-corrected chi connectivity index (χ3v) is 8.51. The van der Waals surface area contributed by atoms with Crippen LogP contribution in [0.3, 0.4) is 0 Å². The highest BCUT2D eigenvalue weighted by Crippen LogP contribution is 2.37. The first-order valence-electron chi connectivity index (χ1n) is 9.98. The molecule has 0 aliphatic carbocycles. The van der Waals surface area contributed by atoms with Gasteiger partial charge in [-0.05, 0) is 42.5 Å². The molecule has 0 aromatic heterocycles. The molecule has 4 rings (SSSR count). The topological polar surface area (TPSA) is 122 Å². The number of carbonyl (C=O) groups excluding carboxylic acids is 1. The van der Waals surface area contributed by atoms with Gasteiger partial charge < -0.3 is 14.8 Å². The number of hydrogen-bond acceptors (Lipinski definition) is 7. The standard InChI is InChI=1S/C20H22ClN3O7S2/c1-32(26,27)24-13-19(31-18-7-2-14(21)12-17(18)24)20(25)22-15-3-5-16(6-4-15)33(28,29)23-8-10-30-11-9-23/h2-7,12,19H,8-11,13H2,1H3,(H,22,25). The molecule has 1 atom stereocenters. The Morgan fingerprint density at radius 1 is 1.06 bits per heavy atom. The highest BCUT2D eigenvalue weighted by atomic mass is 35.5. The van der Waals surface area contributed by atoms with Gasteiger partial charge in [0, 0.05) is 23.8 Å². The van der Waals surface area contributed by atoms with Crippen molar-refractivity contribution in [3.8, 4) is 5.75 Å². The molecule has 0 saturated carbocycles. The summed E-state index contributed by atoms with van der Waals surface area (Å²) in [5.41, 5.74) is 0.601. The predicted octanol–water partition coefficient (Wildman–Crippen LogP) is 1.53. The maximum atomic E-state index is 12.8. The van der Waals surface area contributed by atoms with Crippen molar-refractivity contribution in [3.05, 3.63) is 47.5 Å². The van der Waals surface area contributed by atoms with E-state index < -0.39 is 32.1 Å². The normalized spacial score (nSPS) is 19.5. The van der Waals surface area contributed by atoms with Gasteiger partial charge in [-0.15, -0.1) is 0 Å². The van der Waals surface area contributed by atoms with Crippen LogP contribution in [0.2, 0.25) is 5.02 Å². The van der Waals surface area contributed by atoms with Crippen molar-refractivity contribution in [1.82, 2.24) is 4.31 Å². The third kappa shape index (κ3) is 5.09. The molecule has 178 valence electrons. The molecule has 33 heavy (non-hydrogen) atoms. The highest BCUT2D eigenvalue weighted by Gasteiger charge is 2.35. The van der Waals surface area contributed by atoms with Gasteiger partial charge in [-0.25, -0.2) is 16.8 Å². The number of ether oxygens (including phenoxy) is 2. The Balaban J connectivity index is 1.50. The Morgan fingerprint density at radius 3 is 2.36 bits per heavy atom. The highest BCUT2D eigenvalue weighted by molar-refractivity contribution is 7.92. The fourth-order valence-corrected chi connectivity index (χ4v) is 6.02. The molecule has 0 spiro atoms.